The van der Waals surface area contributed by atoms with E-state index in [0.29, 0.717) is 6.04 Å². The van der Waals surface area contributed by atoms with Gasteiger partial charge in [-0.05, 0) is 30.2 Å². The number of halogens is 2. The number of aromatic amines is 1. The van der Waals surface area contributed by atoms with E-state index >= 15 is 0 Å². The van der Waals surface area contributed by atoms with Crippen molar-refractivity contribution in [3.63, 3.8) is 0 Å². The van der Waals surface area contributed by atoms with Crippen molar-refractivity contribution < 1.29 is 4.79 Å². The molecule has 3 aromatic rings. The van der Waals surface area contributed by atoms with Crippen LogP contribution >= 0.6 is 24.8 Å². The molecule has 1 aliphatic rings. The maximum atomic E-state index is 13.4. The number of unbranched alkanes of at least 4 members (excludes halogenated alkanes) is 1. The Morgan fingerprint density at radius 2 is 1.94 bits per heavy atom. The van der Waals surface area contributed by atoms with Crippen LogP contribution in [0.2, 0.25) is 0 Å². The van der Waals surface area contributed by atoms with E-state index in [1.165, 1.54) is 12.8 Å². The molecule has 1 aliphatic heterocycles. The number of imidazole rings is 1. The summed E-state index contributed by atoms with van der Waals surface area (Å²) >= 11 is 0. The van der Waals surface area contributed by atoms with Crippen LogP contribution in [0, 0.1) is 0 Å². The van der Waals surface area contributed by atoms with Gasteiger partial charge in [0.2, 0.25) is 0 Å². The standard InChI is InChI=1S/C24H30N4O.2ClH/c1-3-4-10-20-16-27(13-14-28(20)18(2)23-15-25-17-26-23)24(29)22-12-7-9-19-8-5-6-11-21(19)22;;/h5-9,11-12,15,17-18,20H,3-4,10,13-14,16H2,1-2H3,(H,25,26);2*1H. The predicted octanol–water partition coefficient (Wildman–Crippen LogP) is 5.48. The highest BCUT2D eigenvalue weighted by atomic mass is 35.5. The zero-order valence-electron chi connectivity index (χ0n) is 18.2. The lowest BCUT2D eigenvalue weighted by Gasteiger charge is -2.44. The Kier molecular flexibility index (Phi) is 9.35. The third-order valence-electron chi connectivity index (χ3n) is 6.19. The number of carbonyl (C=O) groups is 1. The van der Waals surface area contributed by atoms with Crippen molar-refractivity contribution in [3.8, 4) is 0 Å². The van der Waals surface area contributed by atoms with Crippen LogP contribution in [-0.4, -0.2) is 51.4 Å². The van der Waals surface area contributed by atoms with Crippen LogP contribution in [0.15, 0.2) is 55.0 Å². The first-order valence-corrected chi connectivity index (χ1v) is 10.7. The molecule has 7 heteroatoms. The van der Waals surface area contributed by atoms with E-state index in [0.717, 1.165) is 48.1 Å². The Hall–Kier alpha value is -2.08. The van der Waals surface area contributed by atoms with Gasteiger partial charge in [-0.2, -0.15) is 0 Å². The average Bonchev–Trinajstić information content (AvgIpc) is 3.31. The maximum absolute atomic E-state index is 13.4. The quantitative estimate of drug-likeness (QED) is 0.527. The van der Waals surface area contributed by atoms with E-state index < -0.39 is 0 Å². The second-order valence-electron chi connectivity index (χ2n) is 7.99. The fourth-order valence-electron chi connectivity index (χ4n) is 4.52. The van der Waals surface area contributed by atoms with Crippen molar-refractivity contribution in [2.24, 2.45) is 0 Å². The number of rotatable bonds is 6. The number of H-pyrrole nitrogens is 1. The van der Waals surface area contributed by atoms with E-state index in [4.69, 9.17) is 0 Å². The molecule has 1 aromatic heterocycles. The smallest absolute Gasteiger partial charge is 0.254 e. The van der Waals surface area contributed by atoms with Gasteiger partial charge >= 0.3 is 0 Å². The van der Waals surface area contributed by atoms with Crippen LogP contribution in [0.3, 0.4) is 0 Å². The highest BCUT2D eigenvalue weighted by Crippen LogP contribution is 2.28. The molecule has 0 saturated carbocycles. The molecule has 0 bridgehead atoms. The first-order valence-electron chi connectivity index (χ1n) is 10.7. The molecule has 31 heavy (non-hydrogen) atoms. The van der Waals surface area contributed by atoms with Gasteiger partial charge in [-0.15, -0.1) is 24.8 Å². The summed E-state index contributed by atoms with van der Waals surface area (Å²) in [4.78, 5) is 25.5. The topological polar surface area (TPSA) is 52.2 Å². The Balaban J connectivity index is 0.00000171. The molecule has 1 N–H and O–H groups in total. The highest BCUT2D eigenvalue weighted by molar-refractivity contribution is 6.07. The van der Waals surface area contributed by atoms with Crippen LogP contribution in [0.1, 0.15) is 55.2 Å². The van der Waals surface area contributed by atoms with Gasteiger partial charge in [0.05, 0.1) is 12.0 Å². The van der Waals surface area contributed by atoms with Gasteiger partial charge in [-0.3, -0.25) is 9.69 Å². The summed E-state index contributed by atoms with van der Waals surface area (Å²) in [5.74, 6) is 0.150. The van der Waals surface area contributed by atoms with E-state index in [2.05, 4.69) is 45.7 Å². The van der Waals surface area contributed by atoms with Gasteiger partial charge in [0.25, 0.3) is 5.91 Å². The predicted molar refractivity (Wildman–Crippen MR) is 131 cm³/mol. The fourth-order valence-corrected chi connectivity index (χ4v) is 4.52. The average molecular weight is 463 g/mol. The minimum atomic E-state index is 0. The Labute approximate surface area is 197 Å². The lowest BCUT2D eigenvalue weighted by molar-refractivity contribution is 0.0313. The number of carbonyl (C=O) groups excluding carboxylic acids is 1. The molecule has 1 fully saturated rings. The number of piperazine rings is 1. The number of benzene rings is 2. The molecule has 2 aromatic carbocycles. The first-order chi connectivity index (χ1) is 14.2. The summed E-state index contributed by atoms with van der Waals surface area (Å²) in [7, 11) is 0. The van der Waals surface area contributed by atoms with Gasteiger partial charge in [0, 0.05) is 43.5 Å². The van der Waals surface area contributed by atoms with E-state index in [1.807, 2.05) is 36.5 Å². The van der Waals surface area contributed by atoms with Crippen molar-refractivity contribution in [1.82, 2.24) is 19.8 Å². The fraction of sp³-hybridized carbons (Fsp3) is 0.417. The molecule has 2 unspecified atom stereocenters. The summed E-state index contributed by atoms with van der Waals surface area (Å²) in [6.45, 7) is 6.87. The molecule has 0 radical (unpaired) electrons. The number of hydrogen-bond donors (Lipinski definition) is 1. The summed E-state index contributed by atoms with van der Waals surface area (Å²) in [5, 5.41) is 2.16. The molecule has 0 aliphatic carbocycles. The number of fused-ring (bicyclic) bond motifs is 1. The molecule has 2 heterocycles. The summed E-state index contributed by atoms with van der Waals surface area (Å²) in [5.41, 5.74) is 1.95. The molecule has 1 amide bonds. The lowest BCUT2D eigenvalue weighted by atomic mass is 9.99. The number of aromatic nitrogens is 2. The normalized spacial score (nSPS) is 17.6. The monoisotopic (exact) mass is 462 g/mol. The minimum Gasteiger partial charge on any atom is -0.347 e. The minimum absolute atomic E-state index is 0. The van der Waals surface area contributed by atoms with Gasteiger partial charge in [0.15, 0.2) is 0 Å². The van der Waals surface area contributed by atoms with Crippen LogP contribution in [0.4, 0.5) is 0 Å². The van der Waals surface area contributed by atoms with Crippen molar-refractivity contribution in [2.75, 3.05) is 19.6 Å². The third-order valence-corrected chi connectivity index (χ3v) is 6.19. The zero-order chi connectivity index (χ0) is 20.2. The number of hydrogen-bond acceptors (Lipinski definition) is 3. The lowest BCUT2D eigenvalue weighted by Crippen LogP contribution is -2.55. The van der Waals surface area contributed by atoms with Crippen molar-refractivity contribution >= 4 is 41.5 Å². The van der Waals surface area contributed by atoms with E-state index in [9.17, 15) is 4.79 Å². The molecule has 4 rings (SSSR count). The Bertz CT molecular complexity index is 958. The van der Waals surface area contributed by atoms with Crippen LogP contribution in [0.25, 0.3) is 10.8 Å². The summed E-state index contributed by atoms with van der Waals surface area (Å²) in [6.07, 6.45) is 7.10. The first kappa shape index (κ1) is 25.2. The second kappa shape index (κ2) is 11.5. The van der Waals surface area contributed by atoms with Crippen molar-refractivity contribution in [2.45, 2.75) is 45.2 Å². The third kappa shape index (κ3) is 5.40. The van der Waals surface area contributed by atoms with E-state index in [1.54, 1.807) is 6.33 Å². The van der Waals surface area contributed by atoms with E-state index in [-0.39, 0.29) is 36.8 Å². The molecule has 5 nitrogen and oxygen atoms in total. The largest absolute Gasteiger partial charge is 0.347 e. The summed E-state index contributed by atoms with van der Waals surface area (Å²) in [6, 6.07) is 14.8. The summed E-state index contributed by atoms with van der Waals surface area (Å²) < 4.78 is 0. The Morgan fingerprint density at radius 3 is 2.68 bits per heavy atom. The van der Waals surface area contributed by atoms with Crippen LogP contribution < -0.4 is 0 Å². The number of amides is 1. The maximum Gasteiger partial charge on any atom is 0.254 e. The van der Waals surface area contributed by atoms with Gasteiger partial charge in [0.1, 0.15) is 0 Å². The molecule has 2 atom stereocenters. The van der Waals surface area contributed by atoms with Crippen LogP contribution in [-0.2, 0) is 0 Å². The zero-order valence-corrected chi connectivity index (χ0v) is 19.8. The van der Waals surface area contributed by atoms with Gasteiger partial charge in [-0.1, -0.05) is 56.2 Å². The SMILES string of the molecule is CCCCC1CN(C(=O)c2cccc3ccccc23)CCN1C(C)c1cnc[nH]1.Cl.Cl. The highest BCUT2D eigenvalue weighted by Gasteiger charge is 2.33. The second-order valence-corrected chi connectivity index (χ2v) is 7.99. The molecular weight excluding hydrogens is 431 g/mol. The molecule has 0 spiro atoms. The van der Waals surface area contributed by atoms with Crippen molar-refractivity contribution in [1.29, 1.82) is 0 Å². The number of nitrogens with one attached hydrogen (secondary N) is 1. The van der Waals surface area contributed by atoms with Gasteiger partial charge in [-0.25, -0.2) is 4.98 Å². The molecular formula is C24H32Cl2N4O. The Morgan fingerprint density at radius 1 is 1.16 bits per heavy atom. The molecule has 1 saturated heterocycles. The molecule has 168 valence electrons. The van der Waals surface area contributed by atoms with Gasteiger partial charge < -0.3 is 9.88 Å². The number of nitrogens with zero attached hydrogens (tertiary/aromatic N) is 3. The van der Waals surface area contributed by atoms with Crippen LogP contribution in [0.5, 0.6) is 0 Å². The van der Waals surface area contributed by atoms with Crippen molar-refractivity contribution in [3.05, 3.63) is 66.2 Å².